The number of hydrogen-bond acceptors (Lipinski definition) is 5. The summed E-state index contributed by atoms with van der Waals surface area (Å²) in [7, 11) is 0. The van der Waals surface area contributed by atoms with E-state index in [1.165, 1.54) is 4.88 Å². The SMILES string of the molecule is CC1(C)CCc2sc(-c3cc(N4CCCC4=O)ccc3CNN)c(C(=O)O)c2C1. The molecule has 2 aliphatic rings. The molecule has 2 heterocycles. The number of aryl methyl sites for hydroxylation is 1. The lowest BCUT2D eigenvalue weighted by atomic mass is 9.76. The fourth-order valence-corrected chi connectivity index (χ4v) is 5.83. The van der Waals surface area contributed by atoms with E-state index in [-0.39, 0.29) is 11.3 Å². The average molecular weight is 414 g/mol. The molecule has 0 atom stereocenters. The Labute approximate surface area is 174 Å². The van der Waals surface area contributed by atoms with Gasteiger partial charge in [-0.15, -0.1) is 11.3 Å². The van der Waals surface area contributed by atoms with Gasteiger partial charge in [-0.2, -0.15) is 0 Å². The number of anilines is 1. The molecule has 0 saturated carbocycles. The molecule has 1 aliphatic heterocycles. The van der Waals surface area contributed by atoms with Crippen LogP contribution in [0.2, 0.25) is 0 Å². The second-order valence-electron chi connectivity index (χ2n) is 8.73. The number of fused-ring (bicyclic) bond motifs is 1. The highest BCUT2D eigenvalue weighted by atomic mass is 32.1. The maximum absolute atomic E-state index is 12.3. The summed E-state index contributed by atoms with van der Waals surface area (Å²) >= 11 is 1.58. The highest BCUT2D eigenvalue weighted by molar-refractivity contribution is 7.16. The topological polar surface area (TPSA) is 95.7 Å². The van der Waals surface area contributed by atoms with E-state index in [0.29, 0.717) is 25.1 Å². The molecule has 1 aromatic heterocycles. The van der Waals surface area contributed by atoms with Crippen molar-refractivity contribution in [2.45, 2.75) is 52.5 Å². The van der Waals surface area contributed by atoms with Gasteiger partial charge in [0.2, 0.25) is 5.91 Å². The summed E-state index contributed by atoms with van der Waals surface area (Å²) in [5, 5.41) is 10.1. The van der Waals surface area contributed by atoms with Gasteiger partial charge in [0, 0.05) is 35.0 Å². The molecule has 0 radical (unpaired) electrons. The number of benzene rings is 1. The summed E-state index contributed by atoms with van der Waals surface area (Å²) in [6.45, 7) is 5.52. The summed E-state index contributed by atoms with van der Waals surface area (Å²) < 4.78 is 0. The average Bonchev–Trinajstić information content (AvgIpc) is 3.24. The summed E-state index contributed by atoms with van der Waals surface area (Å²) in [5.41, 5.74) is 6.80. The molecule has 4 N–H and O–H groups in total. The molecule has 1 aromatic carbocycles. The van der Waals surface area contributed by atoms with Crippen molar-refractivity contribution in [3.8, 4) is 10.4 Å². The van der Waals surface area contributed by atoms with E-state index in [1.54, 1.807) is 16.2 Å². The lowest BCUT2D eigenvalue weighted by Crippen LogP contribution is -2.24. The molecule has 4 rings (SSSR count). The minimum absolute atomic E-state index is 0.0982. The van der Waals surface area contributed by atoms with Crippen LogP contribution in [0.25, 0.3) is 10.4 Å². The number of nitrogens with two attached hydrogens (primary N) is 1. The second kappa shape index (κ2) is 7.55. The highest BCUT2D eigenvalue weighted by Gasteiger charge is 2.33. The zero-order valence-electron chi connectivity index (χ0n) is 16.9. The van der Waals surface area contributed by atoms with Gasteiger partial charge in [0.05, 0.1) is 5.56 Å². The standard InChI is InChI=1S/C22H27N3O3S/c1-22(2)8-7-17-16(11-22)19(21(27)28)20(29-17)15-10-14(6-5-13(15)12-24-23)25-9-3-4-18(25)26/h5-6,10,24H,3-4,7-9,11-12,23H2,1-2H3,(H,27,28). The van der Waals surface area contributed by atoms with Crippen molar-refractivity contribution in [2.75, 3.05) is 11.4 Å². The third-order valence-electron chi connectivity index (χ3n) is 6.00. The van der Waals surface area contributed by atoms with Crippen LogP contribution in [0.5, 0.6) is 0 Å². The normalized spacial score (nSPS) is 18.2. The number of aromatic carboxylic acids is 1. The molecular weight excluding hydrogens is 386 g/mol. The quantitative estimate of drug-likeness (QED) is 0.513. The molecule has 0 bridgehead atoms. The van der Waals surface area contributed by atoms with Gasteiger partial charge in [0.15, 0.2) is 0 Å². The molecule has 0 unspecified atom stereocenters. The zero-order chi connectivity index (χ0) is 20.8. The van der Waals surface area contributed by atoms with Crippen LogP contribution in [0.4, 0.5) is 5.69 Å². The van der Waals surface area contributed by atoms with Crippen molar-refractivity contribution in [3.63, 3.8) is 0 Å². The fraction of sp³-hybridized carbons (Fsp3) is 0.455. The minimum atomic E-state index is -0.885. The van der Waals surface area contributed by atoms with E-state index in [2.05, 4.69) is 19.3 Å². The minimum Gasteiger partial charge on any atom is -0.478 e. The molecule has 1 aliphatic carbocycles. The first-order valence-electron chi connectivity index (χ1n) is 10.1. The van der Waals surface area contributed by atoms with Gasteiger partial charge >= 0.3 is 5.97 Å². The Morgan fingerprint density at radius 3 is 2.79 bits per heavy atom. The number of rotatable bonds is 5. The zero-order valence-corrected chi connectivity index (χ0v) is 17.7. The number of nitrogens with zero attached hydrogens (tertiary/aromatic N) is 1. The van der Waals surface area contributed by atoms with Gasteiger partial charge in [-0.25, -0.2) is 4.79 Å². The number of amides is 1. The molecule has 0 spiro atoms. The van der Waals surface area contributed by atoms with Crippen LogP contribution in [0.15, 0.2) is 18.2 Å². The smallest absolute Gasteiger partial charge is 0.337 e. The monoisotopic (exact) mass is 413 g/mol. The number of nitrogens with one attached hydrogen (secondary N) is 1. The Morgan fingerprint density at radius 2 is 2.14 bits per heavy atom. The largest absolute Gasteiger partial charge is 0.478 e. The third-order valence-corrected chi connectivity index (χ3v) is 7.33. The molecule has 1 saturated heterocycles. The van der Waals surface area contributed by atoms with Crippen LogP contribution in [0, 0.1) is 5.41 Å². The molecule has 2 aromatic rings. The van der Waals surface area contributed by atoms with E-state index in [9.17, 15) is 14.7 Å². The number of hydrazine groups is 1. The van der Waals surface area contributed by atoms with Crippen molar-refractivity contribution in [1.82, 2.24) is 5.43 Å². The van der Waals surface area contributed by atoms with E-state index < -0.39 is 5.97 Å². The Balaban J connectivity index is 1.88. The Kier molecular flexibility index (Phi) is 5.23. The molecule has 29 heavy (non-hydrogen) atoms. The van der Waals surface area contributed by atoms with Gasteiger partial charge in [-0.1, -0.05) is 19.9 Å². The highest BCUT2D eigenvalue weighted by Crippen LogP contribution is 2.46. The van der Waals surface area contributed by atoms with Crippen LogP contribution in [-0.2, 0) is 24.2 Å². The van der Waals surface area contributed by atoms with Crippen LogP contribution >= 0.6 is 11.3 Å². The lowest BCUT2D eigenvalue weighted by molar-refractivity contribution is -0.117. The number of carboxylic acids is 1. The van der Waals surface area contributed by atoms with E-state index in [4.69, 9.17) is 5.84 Å². The van der Waals surface area contributed by atoms with Crippen molar-refractivity contribution in [1.29, 1.82) is 0 Å². The number of carbonyl (C=O) groups excluding carboxylic acids is 1. The van der Waals surface area contributed by atoms with E-state index >= 15 is 0 Å². The second-order valence-corrected chi connectivity index (χ2v) is 9.83. The molecule has 154 valence electrons. The number of carbonyl (C=O) groups is 2. The van der Waals surface area contributed by atoms with Crippen molar-refractivity contribution >= 4 is 28.9 Å². The molecule has 6 nitrogen and oxygen atoms in total. The predicted molar refractivity (Wildman–Crippen MR) is 115 cm³/mol. The summed E-state index contributed by atoms with van der Waals surface area (Å²) in [6.07, 6.45) is 4.14. The molecule has 1 amide bonds. The number of carboxylic acid groups (broad SMARTS) is 1. The van der Waals surface area contributed by atoms with Gasteiger partial charge in [0.1, 0.15) is 0 Å². The summed E-state index contributed by atoms with van der Waals surface area (Å²) in [5.74, 6) is 4.83. The predicted octanol–water partition coefficient (Wildman–Crippen LogP) is 3.72. The van der Waals surface area contributed by atoms with E-state index in [1.807, 2.05) is 18.2 Å². The van der Waals surface area contributed by atoms with Crippen LogP contribution < -0.4 is 16.2 Å². The summed E-state index contributed by atoms with van der Waals surface area (Å²) in [4.78, 5) is 28.3. The van der Waals surface area contributed by atoms with Crippen LogP contribution in [-0.4, -0.2) is 23.5 Å². The first-order valence-corrected chi connectivity index (χ1v) is 10.9. The Hall–Kier alpha value is -2.22. The van der Waals surface area contributed by atoms with Gasteiger partial charge in [-0.05, 0) is 59.9 Å². The maximum atomic E-state index is 12.3. The number of thiophene rings is 1. The van der Waals surface area contributed by atoms with E-state index in [0.717, 1.165) is 52.9 Å². The summed E-state index contributed by atoms with van der Waals surface area (Å²) in [6, 6.07) is 5.84. The van der Waals surface area contributed by atoms with Gasteiger partial charge < -0.3 is 10.0 Å². The van der Waals surface area contributed by atoms with Gasteiger partial charge in [0.25, 0.3) is 0 Å². The molecular formula is C22H27N3O3S. The van der Waals surface area contributed by atoms with Crippen molar-refractivity contribution in [3.05, 3.63) is 39.8 Å². The lowest BCUT2D eigenvalue weighted by Gasteiger charge is -2.29. The van der Waals surface area contributed by atoms with Crippen LogP contribution in [0.3, 0.4) is 0 Å². The fourth-order valence-electron chi connectivity index (χ4n) is 4.46. The third kappa shape index (κ3) is 3.70. The van der Waals surface area contributed by atoms with Crippen molar-refractivity contribution in [2.24, 2.45) is 11.3 Å². The maximum Gasteiger partial charge on any atom is 0.337 e. The first kappa shape index (κ1) is 20.1. The van der Waals surface area contributed by atoms with Gasteiger partial charge in [-0.3, -0.25) is 16.1 Å². The molecule has 1 fully saturated rings. The Bertz CT molecular complexity index is 980. The first-order chi connectivity index (χ1) is 13.8. The Morgan fingerprint density at radius 1 is 1.34 bits per heavy atom. The van der Waals surface area contributed by atoms with Crippen molar-refractivity contribution < 1.29 is 14.7 Å². The van der Waals surface area contributed by atoms with Crippen LogP contribution in [0.1, 0.15) is 59.5 Å². The molecule has 7 heteroatoms. The number of hydrogen-bond donors (Lipinski definition) is 3.